The standard InChI is InChI=1S/C25H26ClFN2O2/c26-23-9-5-4-6-18(23)16-29(21-7-2-1-3-8-21)17-22-14-15-24(31-22)25(30)28-20-12-10-19(27)11-13-20/h4-6,9-15,21H,1-3,7-8,16-17H2,(H,28,30). The molecule has 31 heavy (non-hydrogen) atoms. The summed E-state index contributed by atoms with van der Waals surface area (Å²) in [6.45, 7) is 1.35. The Bertz CT molecular complexity index is 1010. The van der Waals surface area contributed by atoms with E-state index < -0.39 is 0 Å². The zero-order valence-corrected chi connectivity index (χ0v) is 18.1. The molecular formula is C25H26ClFN2O2. The molecule has 1 saturated carbocycles. The number of nitrogens with zero attached hydrogens (tertiary/aromatic N) is 1. The number of benzene rings is 2. The monoisotopic (exact) mass is 440 g/mol. The zero-order chi connectivity index (χ0) is 21.6. The van der Waals surface area contributed by atoms with Crippen LogP contribution in [-0.2, 0) is 13.1 Å². The van der Waals surface area contributed by atoms with Crippen molar-refractivity contribution >= 4 is 23.2 Å². The van der Waals surface area contributed by atoms with Gasteiger partial charge >= 0.3 is 0 Å². The van der Waals surface area contributed by atoms with Crippen LogP contribution in [0.25, 0.3) is 0 Å². The van der Waals surface area contributed by atoms with E-state index in [4.69, 9.17) is 16.0 Å². The van der Waals surface area contributed by atoms with Crippen LogP contribution >= 0.6 is 11.6 Å². The molecule has 162 valence electrons. The topological polar surface area (TPSA) is 45.5 Å². The first-order chi connectivity index (χ1) is 15.1. The molecule has 3 aromatic rings. The third-order valence-corrected chi connectivity index (χ3v) is 6.14. The Morgan fingerprint density at radius 1 is 1.00 bits per heavy atom. The molecule has 0 aliphatic heterocycles. The predicted molar refractivity (Wildman–Crippen MR) is 121 cm³/mol. The Morgan fingerprint density at radius 2 is 1.74 bits per heavy atom. The second kappa shape index (κ2) is 10.1. The molecular weight excluding hydrogens is 415 g/mol. The van der Waals surface area contributed by atoms with Gasteiger partial charge in [-0.05, 0) is 60.9 Å². The van der Waals surface area contributed by atoms with Crippen molar-refractivity contribution in [2.75, 3.05) is 5.32 Å². The molecule has 1 aliphatic carbocycles. The van der Waals surface area contributed by atoms with Crippen molar-refractivity contribution in [3.05, 3.63) is 88.6 Å². The van der Waals surface area contributed by atoms with Crippen LogP contribution in [-0.4, -0.2) is 16.8 Å². The maximum atomic E-state index is 13.1. The second-order valence-electron chi connectivity index (χ2n) is 8.02. The van der Waals surface area contributed by atoms with Gasteiger partial charge in [-0.3, -0.25) is 9.69 Å². The van der Waals surface area contributed by atoms with Gasteiger partial charge in [-0.15, -0.1) is 0 Å². The number of hydrogen-bond acceptors (Lipinski definition) is 3. The van der Waals surface area contributed by atoms with Crippen LogP contribution in [0.4, 0.5) is 10.1 Å². The van der Waals surface area contributed by atoms with Gasteiger partial charge in [-0.2, -0.15) is 0 Å². The van der Waals surface area contributed by atoms with Crippen LogP contribution < -0.4 is 5.32 Å². The van der Waals surface area contributed by atoms with E-state index in [9.17, 15) is 9.18 Å². The normalized spacial score (nSPS) is 14.7. The SMILES string of the molecule is O=C(Nc1ccc(F)cc1)c1ccc(CN(Cc2ccccc2Cl)C2CCCCC2)o1. The third kappa shape index (κ3) is 5.75. The van der Waals surface area contributed by atoms with Gasteiger partial charge in [0.2, 0.25) is 0 Å². The summed E-state index contributed by atoms with van der Waals surface area (Å²) in [7, 11) is 0. The number of furan rings is 1. The molecule has 4 rings (SSSR count). The maximum Gasteiger partial charge on any atom is 0.291 e. The largest absolute Gasteiger partial charge is 0.455 e. The van der Waals surface area contributed by atoms with Crippen LogP contribution in [0.15, 0.2) is 65.1 Å². The van der Waals surface area contributed by atoms with Crippen molar-refractivity contribution < 1.29 is 13.6 Å². The molecule has 0 radical (unpaired) electrons. The van der Waals surface area contributed by atoms with E-state index in [-0.39, 0.29) is 17.5 Å². The Balaban J connectivity index is 1.46. The maximum absolute atomic E-state index is 13.1. The zero-order valence-electron chi connectivity index (χ0n) is 17.3. The lowest BCUT2D eigenvalue weighted by Gasteiger charge is -2.34. The first kappa shape index (κ1) is 21.6. The minimum Gasteiger partial charge on any atom is -0.455 e. The van der Waals surface area contributed by atoms with Crippen molar-refractivity contribution in [3.63, 3.8) is 0 Å². The molecule has 1 heterocycles. The summed E-state index contributed by atoms with van der Waals surface area (Å²) in [5, 5.41) is 3.50. The van der Waals surface area contributed by atoms with Crippen molar-refractivity contribution in [1.29, 1.82) is 0 Å². The molecule has 1 amide bonds. The fourth-order valence-corrected chi connectivity index (χ4v) is 4.31. The van der Waals surface area contributed by atoms with E-state index in [1.807, 2.05) is 24.3 Å². The fraction of sp³-hybridized carbons (Fsp3) is 0.320. The Hall–Kier alpha value is -2.63. The number of carbonyl (C=O) groups is 1. The van der Waals surface area contributed by atoms with Gasteiger partial charge in [0, 0.05) is 23.3 Å². The molecule has 0 saturated heterocycles. The smallest absolute Gasteiger partial charge is 0.291 e. The average Bonchev–Trinajstić information content (AvgIpc) is 3.26. The summed E-state index contributed by atoms with van der Waals surface area (Å²) in [5.41, 5.74) is 1.61. The number of halogens is 2. The number of rotatable bonds is 7. The van der Waals surface area contributed by atoms with Crippen LogP contribution in [0.3, 0.4) is 0 Å². The lowest BCUT2D eigenvalue weighted by molar-refractivity contribution is 0.0985. The highest BCUT2D eigenvalue weighted by molar-refractivity contribution is 6.31. The highest BCUT2D eigenvalue weighted by Gasteiger charge is 2.23. The van der Waals surface area contributed by atoms with Gasteiger partial charge in [0.1, 0.15) is 11.6 Å². The van der Waals surface area contributed by atoms with Crippen molar-refractivity contribution in [2.45, 2.75) is 51.2 Å². The Morgan fingerprint density at radius 3 is 2.48 bits per heavy atom. The summed E-state index contributed by atoms with van der Waals surface area (Å²) >= 11 is 6.42. The predicted octanol–water partition coefficient (Wildman–Crippen LogP) is 6.66. The number of amides is 1. The summed E-state index contributed by atoms with van der Waals surface area (Å²) in [6.07, 6.45) is 6.05. The van der Waals surface area contributed by atoms with E-state index in [1.165, 1.54) is 43.5 Å². The number of carbonyl (C=O) groups excluding carboxylic acids is 1. The highest BCUT2D eigenvalue weighted by Crippen LogP contribution is 2.28. The van der Waals surface area contributed by atoms with E-state index in [2.05, 4.69) is 16.3 Å². The molecule has 0 unspecified atom stereocenters. The van der Waals surface area contributed by atoms with Gasteiger partial charge in [-0.1, -0.05) is 49.1 Å². The minimum atomic E-state index is -0.354. The van der Waals surface area contributed by atoms with Crippen LogP contribution in [0.2, 0.25) is 5.02 Å². The molecule has 1 fully saturated rings. The molecule has 0 bridgehead atoms. The van der Waals surface area contributed by atoms with E-state index in [0.717, 1.165) is 35.7 Å². The van der Waals surface area contributed by atoms with Gasteiger partial charge in [0.25, 0.3) is 5.91 Å². The summed E-state index contributed by atoms with van der Waals surface area (Å²) in [5.74, 6) is 0.273. The van der Waals surface area contributed by atoms with Crippen molar-refractivity contribution in [2.24, 2.45) is 0 Å². The minimum absolute atomic E-state index is 0.237. The first-order valence-electron chi connectivity index (χ1n) is 10.7. The second-order valence-corrected chi connectivity index (χ2v) is 8.42. The lowest BCUT2D eigenvalue weighted by atomic mass is 9.93. The van der Waals surface area contributed by atoms with Crippen LogP contribution in [0, 0.1) is 5.82 Å². The number of anilines is 1. The Labute approximate surface area is 187 Å². The number of nitrogens with one attached hydrogen (secondary N) is 1. The van der Waals surface area contributed by atoms with Gasteiger partial charge < -0.3 is 9.73 Å². The van der Waals surface area contributed by atoms with Crippen LogP contribution in [0.1, 0.15) is 54.0 Å². The molecule has 1 aliphatic rings. The molecule has 6 heteroatoms. The van der Waals surface area contributed by atoms with Crippen molar-refractivity contribution in [1.82, 2.24) is 4.90 Å². The van der Waals surface area contributed by atoms with Gasteiger partial charge in [-0.25, -0.2) is 4.39 Å². The number of hydrogen-bond donors (Lipinski definition) is 1. The Kier molecular flexibility index (Phi) is 7.05. The van der Waals surface area contributed by atoms with Crippen molar-refractivity contribution in [3.8, 4) is 0 Å². The summed E-state index contributed by atoms with van der Waals surface area (Å²) < 4.78 is 18.9. The van der Waals surface area contributed by atoms with Gasteiger partial charge in [0.05, 0.1) is 6.54 Å². The quantitative estimate of drug-likeness (QED) is 0.446. The van der Waals surface area contributed by atoms with Crippen LogP contribution in [0.5, 0.6) is 0 Å². The summed E-state index contributed by atoms with van der Waals surface area (Å²) in [4.78, 5) is 14.9. The van der Waals surface area contributed by atoms with E-state index in [0.29, 0.717) is 18.3 Å². The van der Waals surface area contributed by atoms with E-state index >= 15 is 0 Å². The lowest BCUT2D eigenvalue weighted by Crippen LogP contribution is -2.35. The van der Waals surface area contributed by atoms with Gasteiger partial charge in [0.15, 0.2) is 5.76 Å². The average molecular weight is 441 g/mol. The fourth-order valence-electron chi connectivity index (χ4n) is 4.12. The van der Waals surface area contributed by atoms with E-state index in [1.54, 1.807) is 6.07 Å². The molecule has 0 spiro atoms. The summed E-state index contributed by atoms with van der Waals surface area (Å²) in [6, 6.07) is 17.6. The molecule has 0 atom stereocenters. The molecule has 1 aromatic heterocycles. The molecule has 2 aromatic carbocycles. The molecule has 4 nitrogen and oxygen atoms in total. The first-order valence-corrected chi connectivity index (χ1v) is 11.1. The highest BCUT2D eigenvalue weighted by atomic mass is 35.5. The molecule has 1 N–H and O–H groups in total. The third-order valence-electron chi connectivity index (χ3n) is 5.77.